The average molecular weight is 431 g/mol. The van der Waals surface area contributed by atoms with E-state index in [2.05, 4.69) is 20.4 Å². The summed E-state index contributed by atoms with van der Waals surface area (Å²) in [4.78, 5) is 12.5. The highest BCUT2D eigenvalue weighted by Crippen LogP contribution is 2.24. The fourth-order valence-electron chi connectivity index (χ4n) is 2.93. The van der Waals surface area contributed by atoms with Crippen molar-refractivity contribution in [2.24, 2.45) is 5.92 Å². The second-order valence-corrected chi connectivity index (χ2v) is 7.71. The highest BCUT2D eigenvalue weighted by atomic mass is 16.5. The molecule has 4 nitrogen and oxygen atoms in total. The van der Waals surface area contributed by atoms with Gasteiger partial charge in [0.1, 0.15) is 17.2 Å². The van der Waals surface area contributed by atoms with Crippen molar-refractivity contribution < 1.29 is 19.0 Å². The van der Waals surface area contributed by atoms with Crippen molar-refractivity contribution in [1.82, 2.24) is 0 Å². The van der Waals surface area contributed by atoms with E-state index >= 15 is 0 Å². The maximum atomic E-state index is 12.5. The van der Waals surface area contributed by atoms with Crippen LogP contribution in [0.25, 0.3) is 11.1 Å². The Balaban J connectivity index is 1.56. The molecule has 0 radical (unpaired) electrons. The van der Waals surface area contributed by atoms with Crippen LogP contribution in [-0.4, -0.2) is 19.2 Å². The van der Waals surface area contributed by atoms with Gasteiger partial charge in [0.05, 0.1) is 18.8 Å². The maximum Gasteiger partial charge on any atom is 0.343 e. The molecule has 0 saturated heterocycles. The Morgan fingerprint density at radius 1 is 0.844 bits per heavy atom. The van der Waals surface area contributed by atoms with E-state index in [0.717, 1.165) is 35.5 Å². The Morgan fingerprint density at radius 2 is 1.38 bits per heavy atom. The van der Waals surface area contributed by atoms with Gasteiger partial charge in [0.15, 0.2) is 0 Å². The van der Waals surface area contributed by atoms with Crippen LogP contribution in [0.15, 0.2) is 85.5 Å². The molecule has 0 aliphatic rings. The molecular weight excluding hydrogens is 400 g/mol. The lowest BCUT2D eigenvalue weighted by Gasteiger charge is -2.11. The fourth-order valence-corrected chi connectivity index (χ4v) is 2.93. The van der Waals surface area contributed by atoms with Crippen LogP contribution >= 0.6 is 0 Å². The van der Waals surface area contributed by atoms with Gasteiger partial charge in [-0.3, -0.25) is 0 Å². The van der Waals surface area contributed by atoms with Crippen LogP contribution in [0.3, 0.4) is 0 Å². The van der Waals surface area contributed by atoms with Gasteiger partial charge in [-0.2, -0.15) is 0 Å². The zero-order valence-corrected chi connectivity index (χ0v) is 18.8. The second-order valence-electron chi connectivity index (χ2n) is 7.71. The minimum Gasteiger partial charge on any atom is -0.493 e. The summed E-state index contributed by atoms with van der Waals surface area (Å²) in [5, 5.41) is 0. The molecule has 0 aromatic heterocycles. The summed E-state index contributed by atoms with van der Waals surface area (Å²) in [6.07, 6.45) is 3.72. The number of benzene rings is 3. The van der Waals surface area contributed by atoms with Crippen molar-refractivity contribution in [2.75, 3.05) is 13.2 Å². The average Bonchev–Trinajstić information content (AvgIpc) is 2.84. The Hall–Kier alpha value is -3.53. The summed E-state index contributed by atoms with van der Waals surface area (Å²) < 4.78 is 16.9. The third-order valence-corrected chi connectivity index (χ3v) is 5.16. The topological polar surface area (TPSA) is 44.8 Å². The number of hydrogen-bond donors (Lipinski definition) is 0. The first-order valence-corrected chi connectivity index (χ1v) is 11.0. The van der Waals surface area contributed by atoms with Gasteiger partial charge in [-0.05, 0) is 72.0 Å². The number of hydrogen-bond acceptors (Lipinski definition) is 4. The first-order chi connectivity index (χ1) is 15.6. The summed E-state index contributed by atoms with van der Waals surface area (Å²) in [5.41, 5.74) is 2.56. The largest absolute Gasteiger partial charge is 0.493 e. The van der Waals surface area contributed by atoms with Crippen LogP contribution in [0.5, 0.6) is 17.2 Å². The Kier molecular flexibility index (Phi) is 8.50. The first kappa shape index (κ1) is 23.1. The lowest BCUT2D eigenvalue weighted by atomic mass is 10.0. The van der Waals surface area contributed by atoms with Crippen LogP contribution in [0.4, 0.5) is 0 Å². The lowest BCUT2D eigenvalue weighted by Crippen LogP contribution is -2.09. The first-order valence-electron chi connectivity index (χ1n) is 11.0. The number of carbonyl (C=O) groups is 1. The molecule has 0 aliphatic carbocycles. The molecule has 0 saturated carbocycles. The molecular formula is C28H30O4. The predicted molar refractivity (Wildman–Crippen MR) is 129 cm³/mol. The van der Waals surface area contributed by atoms with E-state index in [1.165, 1.54) is 0 Å². The normalized spacial score (nSPS) is 11.4. The van der Waals surface area contributed by atoms with Crippen molar-refractivity contribution in [1.29, 1.82) is 0 Å². The summed E-state index contributed by atoms with van der Waals surface area (Å²) in [5.74, 6) is 2.19. The van der Waals surface area contributed by atoms with Gasteiger partial charge in [0, 0.05) is 0 Å². The standard InChI is InChI=1S/C28H30O4/c1-4-6-19-30-25-13-11-23(12-14-25)22-7-9-24(10-8-22)28(29)32-27-17-15-26(16-18-27)31-20-21(3)5-2/h4,7-18,21H,1,5-6,19-20H2,2-3H3. The monoisotopic (exact) mass is 430 g/mol. The predicted octanol–water partition coefficient (Wildman–Crippen LogP) is 6.95. The molecule has 0 fully saturated rings. The molecule has 32 heavy (non-hydrogen) atoms. The maximum absolute atomic E-state index is 12.5. The van der Waals surface area contributed by atoms with Gasteiger partial charge in [-0.15, -0.1) is 6.58 Å². The van der Waals surface area contributed by atoms with Gasteiger partial charge in [-0.1, -0.05) is 50.6 Å². The van der Waals surface area contributed by atoms with Crippen molar-refractivity contribution in [2.45, 2.75) is 26.7 Å². The Bertz CT molecular complexity index is 989. The van der Waals surface area contributed by atoms with E-state index in [1.807, 2.05) is 54.6 Å². The van der Waals surface area contributed by atoms with E-state index in [0.29, 0.717) is 30.4 Å². The molecule has 1 unspecified atom stereocenters. The van der Waals surface area contributed by atoms with Crippen molar-refractivity contribution >= 4 is 5.97 Å². The second kappa shape index (κ2) is 11.8. The van der Waals surface area contributed by atoms with E-state index in [1.54, 1.807) is 24.3 Å². The summed E-state index contributed by atoms with van der Waals surface area (Å²) >= 11 is 0. The van der Waals surface area contributed by atoms with Crippen molar-refractivity contribution in [3.05, 3.63) is 91.0 Å². The summed E-state index contributed by atoms with van der Waals surface area (Å²) in [6, 6.07) is 22.4. The van der Waals surface area contributed by atoms with Gasteiger partial charge >= 0.3 is 5.97 Å². The molecule has 4 heteroatoms. The van der Waals surface area contributed by atoms with Crippen LogP contribution in [0.2, 0.25) is 0 Å². The molecule has 0 aliphatic heterocycles. The van der Waals surface area contributed by atoms with Gasteiger partial charge < -0.3 is 14.2 Å². The number of ether oxygens (including phenoxy) is 3. The molecule has 1 atom stereocenters. The Labute approximate surface area is 190 Å². The number of carbonyl (C=O) groups excluding carboxylic acids is 1. The third-order valence-electron chi connectivity index (χ3n) is 5.16. The molecule has 0 heterocycles. The highest BCUT2D eigenvalue weighted by molar-refractivity contribution is 5.91. The van der Waals surface area contributed by atoms with E-state index < -0.39 is 5.97 Å². The smallest absolute Gasteiger partial charge is 0.343 e. The summed E-state index contributed by atoms with van der Waals surface area (Å²) in [6.45, 7) is 9.27. The van der Waals surface area contributed by atoms with Crippen LogP contribution in [0.1, 0.15) is 37.0 Å². The summed E-state index contributed by atoms with van der Waals surface area (Å²) in [7, 11) is 0. The van der Waals surface area contributed by atoms with Gasteiger partial charge in [-0.25, -0.2) is 4.79 Å². The van der Waals surface area contributed by atoms with E-state index in [9.17, 15) is 4.79 Å². The molecule has 0 N–H and O–H groups in total. The SMILES string of the molecule is C=CCCOc1ccc(-c2ccc(C(=O)Oc3ccc(OCC(C)CC)cc3)cc2)cc1. The lowest BCUT2D eigenvalue weighted by molar-refractivity contribution is 0.0734. The number of rotatable bonds is 11. The zero-order valence-electron chi connectivity index (χ0n) is 18.8. The quantitative estimate of drug-likeness (QED) is 0.143. The van der Waals surface area contributed by atoms with Crippen LogP contribution < -0.4 is 14.2 Å². The fraction of sp³-hybridized carbons (Fsp3) is 0.250. The molecule has 3 rings (SSSR count). The minimum absolute atomic E-state index is 0.393. The van der Waals surface area contributed by atoms with Crippen LogP contribution in [0, 0.1) is 5.92 Å². The molecule has 166 valence electrons. The van der Waals surface area contributed by atoms with Crippen molar-refractivity contribution in [3.8, 4) is 28.4 Å². The van der Waals surface area contributed by atoms with Gasteiger partial charge in [0.25, 0.3) is 0 Å². The zero-order chi connectivity index (χ0) is 22.8. The Morgan fingerprint density at radius 3 is 1.97 bits per heavy atom. The van der Waals surface area contributed by atoms with Gasteiger partial charge in [0.2, 0.25) is 0 Å². The molecule has 0 spiro atoms. The van der Waals surface area contributed by atoms with E-state index in [-0.39, 0.29) is 0 Å². The third kappa shape index (κ3) is 6.74. The molecule has 3 aromatic rings. The molecule has 0 bridgehead atoms. The van der Waals surface area contributed by atoms with Crippen molar-refractivity contribution in [3.63, 3.8) is 0 Å². The molecule has 0 amide bonds. The highest BCUT2D eigenvalue weighted by Gasteiger charge is 2.10. The number of esters is 1. The van der Waals surface area contributed by atoms with Crippen LogP contribution in [-0.2, 0) is 0 Å². The molecule has 3 aromatic carbocycles. The van der Waals surface area contributed by atoms with E-state index in [4.69, 9.17) is 14.2 Å². The minimum atomic E-state index is -0.393.